The van der Waals surface area contributed by atoms with E-state index in [1.165, 1.54) is 5.57 Å². The van der Waals surface area contributed by atoms with Crippen LogP contribution in [0, 0.1) is 5.92 Å². The molecule has 0 spiro atoms. The Bertz CT molecular complexity index is 181. The summed E-state index contributed by atoms with van der Waals surface area (Å²) in [6.07, 6.45) is 0. The lowest BCUT2D eigenvalue weighted by Crippen LogP contribution is -1.96. The summed E-state index contributed by atoms with van der Waals surface area (Å²) in [6.45, 7) is 6.17. The highest BCUT2D eigenvalue weighted by Gasteiger charge is 2.21. The first-order chi connectivity index (χ1) is 4.13. The summed E-state index contributed by atoms with van der Waals surface area (Å²) in [5, 5.41) is 0. The van der Waals surface area contributed by atoms with Crippen LogP contribution >= 0.6 is 0 Å². The van der Waals surface area contributed by atoms with Gasteiger partial charge in [-0.05, 0) is 19.8 Å². The maximum atomic E-state index is 11.0. The van der Waals surface area contributed by atoms with Crippen molar-refractivity contribution in [2.24, 2.45) is 5.92 Å². The van der Waals surface area contributed by atoms with Crippen molar-refractivity contribution in [1.29, 1.82) is 0 Å². The van der Waals surface area contributed by atoms with E-state index in [2.05, 4.69) is 13.8 Å². The largest absolute Gasteiger partial charge is 0.255 e. The Kier molecular flexibility index (Phi) is 1.75. The Morgan fingerprint density at radius 3 is 2.22 bits per heavy atom. The van der Waals surface area contributed by atoms with Gasteiger partial charge in [-0.15, -0.1) is 0 Å². The molecule has 0 radical (unpaired) electrons. The number of hydrogen-bond donors (Lipinski definition) is 0. The highest BCUT2D eigenvalue weighted by atomic mass is 32.2. The van der Waals surface area contributed by atoms with Crippen LogP contribution in [0.25, 0.3) is 0 Å². The van der Waals surface area contributed by atoms with E-state index in [4.69, 9.17) is 0 Å². The second-order valence-electron chi connectivity index (χ2n) is 2.65. The molecule has 1 aliphatic heterocycles. The van der Waals surface area contributed by atoms with Gasteiger partial charge in [0.1, 0.15) is 0 Å². The molecule has 0 saturated carbocycles. The average molecular weight is 144 g/mol. The predicted octanol–water partition coefficient (Wildman–Crippen LogP) is 1.68. The van der Waals surface area contributed by atoms with Crippen LogP contribution in [0.15, 0.2) is 10.5 Å². The minimum absolute atomic E-state index is 0.547. The predicted molar refractivity (Wildman–Crippen MR) is 40.5 cm³/mol. The maximum absolute atomic E-state index is 11.0. The van der Waals surface area contributed by atoms with Crippen LogP contribution in [0.3, 0.4) is 0 Å². The smallest absolute Gasteiger partial charge is 0.0490 e. The Morgan fingerprint density at radius 1 is 1.56 bits per heavy atom. The molecule has 9 heavy (non-hydrogen) atoms. The van der Waals surface area contributed by atoms with E-state index in [1.807, 2.05) is 6.92 Å². The van der Waals surface area contributed by atoms with Crippen LogP contribution < -0.4 is 0 Å². The second kappa shape index (κ2) is 2.25. The van der Waals surface area contributed by atoms with Gasteiger partial charge in [-0.2, -0.15) is 0 Å². The normalized spacial score (nSPS) is 35.9. The van der Waals surface area contributed by atoms with Crippen molar-refractivity contribution in [2.75, 3.05) is 5.75 Å². The molecule has 1 rings (SSSR count). The summed E-state index contributed by atoms with van der Waals surface area (Å²) in [7, 11) is -0.648. The zero-order valence-electron chi connectivity index (χ0n) is 6.10. The highest BCUT2D eigenvalue weighted by molar-refractivity contribution is 7.89. The van der Waals surface area contributed by atoms with Gasteiger partial charge in [-0.25, -0.2) is 0 Å². The standard InChI is InChI=1S/C7H12OS/c1-5-4-9(8)7(3)6(5)2/h5H,4H2,1-3H3. The quantitative estimate of drug-likeness (QED) is 0.505. The SMILES string of the molecule is CC1=C(C)S(=O)CC1C. The molecule has 1 aliphatic rings. The summed E-state index contributed by atoms with van der Waals surface area (Å²) in [5.41, 5.74) is 1.33. The Labute approximate surface area is 58.6 Å². The number of allylic oxidation sites excluding steroid dienone is 2. The van der Waals surface area contributed by atoms with E-state index in [0.29, 0.717) is 5.92 Å². The third-order valence-corrected chi connectivity index (χ3v) is 3.85. The van der Waals surface area contributed by atoms with Crippen LogP contribution in [0.5, 0.6) is 0 Å². The topological polar surface area (TPSA) is 17.1 Å². The van der Waals surface area contributed by atoms with Gasteiger partial charge >= 0.3 is 0 Å². The van der Waals surface area contributed by atoms with Crippen LogP contribution in [0.2, 0.25) is 0 Å². The van der Waals surface area contributed by atoms with Gasteiger partial charge in [0.25, 0.3) is 0 Å². The summed E-state index contributed by atoms with van der Waals surface area (Å²) >= 11 is 0. The molecule has 0 aliphatic carbocycles. The van der Waals surface area contributed by atoms with Gasteiger partial charge in [0.15, 0.2) is 0 Å². The first kappa shape index (κ1) is 7.00. The van der Waals surface area contributed by atoms with Crippen molar-refractivity contribution in [1.82, 2.24) is 0 Å². The lowest BCUT2D eigenvalue weighted by atomic mass is 10.1. The first-order valence-electron chi connectivity index (χ1n) is 3.18. The molecule has 2 unspecified atom stereocenters. The van der Waals surface area contributed by atoms with Crippen molar-refractivity contribution in [3.63, 3.8) is 0 Å². The molecular formula is C7H12OS. The molecule has 0 fully saturated rings. The van der Waals surface area contributed by atoms with Gasteiger partial charge in [0, 0.05) is 21.5 Å². The first-order valence-corrected chi connectivity index (χ1v) is 4.50. The lowest BCUT2D eigenvalue weighted by molar-refractivity contribution is 0.682. The molecule has 2 atom stereocenters. The maximum Gasteiger partial charge on any atom is 0.0490 e. The molecule has 2 heteroatoms. The molecule has 1 heterocycles. The monoisotopic (exact) mass is 144 g/mol. The average Bonchev–Trinajstić information content (AvgIpc) is 1.98. The fourth-order valence-corrected chi connectivity index (χ4v) is 2.52. The van der Waals surface area contributed by atoms with Crippen LogP contribution in [0.4, 0.5) is 0 Å². The minimum Gasteiger partial charge on any atom is -0.255 e. The molecule has 52 valence electrons. The van der Waals surface area contributed by atoms with E-state index in [1.54, 1.807) is 0 Å². The molecule has 0 aromatic rings. The second-order valence-corrected chi connectivity index (χ2v) is 4.29. The molecule has 0 aromatic heterocycles. The van der Waals surface area contributed by atoms with E-state index in [-0.39, 0.29) is 0 Å². The summed E-state index contributed by atoms with van der Waals surface area (Å²) in [6, 6.07) is 0. The van der Waals surface area contributed by atoms with Gasteiger partial charge in [0.05, 0.1) is 0 Å². The van der Waals surface area contributed by atoms with E-state index < -0.39 is 10.8 Å². The summed E-state index contributed by atoms with van der Waals surface area (Å²) in [5.74, 6) is 1.39. The number of hydrogen-bond acceptors (Lipinski definition) is 1. The molecule has 0 amide bonds. The minimum atomic E-state index is -0.648. The van der Waals surface area contributed by atoms with Gasteiger partial charge in [-0.3, -0.25) is 4.21 Å². The van der Waals surface area contributed by atoms with E-state index in [9.17, 15) is 4.21 Å². The van der Waals surface area contributed by atoms with Crippen LogP contribution in [-0.4, -0.2) is 9.96 Å². The number of rotatable bonds is 0. The van der Waals surface area contributed by atoms with E-state index >= 15 is 0 Å². The Hall–Kier alpha value is -0.110. The molecule has 0 saturated heterocycles. The highest BCUT2D eigenvalue weighted by Crippen LogP contribution is 2.26. The van der Waals surface area contributed by atoms with E-state index in [0.717, 1.165) is 10.7 Å². The van der Waals surface area contributed by atoms with Crippen molar-refractivity contribution in [3.8, 4) is 0 Å². The molecule has 0 N–H and O–H groups in total. The van der Waals surface area contributed by atoms with Crippen molar-refractivity contribution in [2.45, 2.75) is 20.8 Å². The zero-order valence-corrected chi connectivity index (χ0v) is 6.92. The third kappa shape index (κ3) is 1.08. The molecule has 0 aromatic carbocycles. The van der Waals surface area contributed by atoms with Crippen molar-refractivity contribution in [3.05, 3.63) is 10.5 Å². The van der Waals surface area contributed by atoms with Crippen molar-refractivity contribution >= 4 is 10.8 Å². The molecular weight excluding hydrogens is 132 g/mol. The fraction of sp³-hybridized carbons (Fsp3) is 0.714. The fourth-order valence-electron chi connectivity index (χ4n) is 1.00. The summed E-state index contributed by atoms with van der Waals surface area (Å²) < 4.78 is 11.0. The Morgan fingerprint density at radius 2 is 2.11 bits per heavy atom. The third-order valence-electron chi connectivity index (χ3n) is 2.04. The Balaban J connectivity index is 2.92. The zero-order chi connectivity index (χ0) is 7.02. The molecule has 1 nitrogen and oxygen atoms in total. The van der Waals surface area contributed by atoms with Gasteiger partial charge < -0.3 is 0 Å². The van der Waals surface area contributed by atoms with Crippen LogP contribution in [-0.2, 0) is 10.8 Å². The summed E-state index contributed by atoms with van der Waals surface area (Å²) in [4.78, 5) is 1.10. The van der Waals surface area contributed by atoms with Gasteiger partial charge in [-0.1, -0.05) is 12.5 Å². The van der Waals surface area contributed by atoms with Gasteiger partial charge in [0.2, 0.25) is 0 Å². The molecule has 0 bridgehead atoms. The van der Waals surface area contributed by atoms with Crippen LogP contribution in [0.1, 0.15) is 20.8 Å². The lowest BCUT2D eigenvalue weighted by Gasteiger charge is -1.98. The van der Waals surface area contributed by atoms with Crippen molar-refractivity contribution < 1.29 is 4.21 Å².